The predicted octanol–water partition coefficient (Wildman–Crippen LogP) is 5.19. The molecule has 1 unspecified atom stereocenters. The summed E-state index contributed by atoms with van der Waals surface area (Å²) in [4.78, 5) is 2.88. The second kappa shape index (κ2) is 5.33. The van der Waals surface area contributed by atoms with E-state index in [1.807, 2.05) is 11.3 Å². The van der Waals surface area contributed by atoms with Crippen molar-refractivity contribution in [3.63, 3.8) is 0 Å². The fourth-order valence-electron chi connectivity index (χ4n) is 2.62. The van der Waals surface area contributed by atoms with Crippen LogP contribution in [0.5, 0.6) is 0 Å². The number of hydrogen-bond donors (Lipinski definition) is 1. The molecule has 18 heavy (non-hydrogen) atoms. The summed E-state index contributed by atoms with van der Waals surface area (Å²) in [7, 11) is 0. The molecule has 2 atom stereocenters. The van der Waals surface area contributed by atoms with Crippen molar-refractivity contribution in [2.75, 3.05) is 0 Å². The molecule has 0 radical (unpaired) electrons. The minimum absolute atomic E-state index is 0.416. The third-order valence-corrected chi connectivity index (χ3v) is 5.90. The van der Waals surface area contributed by atoms with Gasteiger partial charge in [0.2, 0.25) is 0 Å². The van der Waals surface area contributed by atoms with Crippen LogP contribution in [0.4, 0.5) is 0 Å². The molecule has 2 heterocycles. The molecule has 96 valence electrons. The van der Waals surface area contributed by atoms with E-state index in [0.29, 0.717) is 12.1 Å². The fourth-order valence-corrected chi connectivity index (χ4v) is 4.74. The summed E-state index contributed by atoms with van der Waals surface area (Å²) in [6, 6.07) is 7.35. The highest BCUT2D eigenvalue weighted by molar-refractivity contribution is 7.16. The summed E-state index contributed by atoms with van der Waals surface area (Å²) in [6.45, 7) is 2.24. The molecule has 0 bridgehead atoms. The van der Waals surface area contributed by atoms with Gasteiger partial charge in [-0.2, -0.15) is 0 Å². The topological polar surface area (TPSA) is 12.0 Å². The molecule has 1 aliphatic carbocycles. The zero-order valence-electron chi connectivity index (χ0n) is 10.3. The Hall–Kier alpha value is -0.350. The molecule has 0 aliphatic heterocycles. The number of rotatable bonds is 3. The van der Waals surface area contributed by atoms with Crippen LogP contribution in [0.15, 0.2) is 23.6 Å². The molecule has 1 N–H and O–H groups in total. The number of nitrogens with one attached hydrogen (secondary N) is 1. The first-order valence-corrected chi connectivity index (χ1v) is 8.39. The first-order valence-electron chi connectivity index (χ1n) is 6.31. The number of thiophene rings is 2. The Labute approximate surface area is 121 Å². The average Bonchev–Trinajstić information content (AvgIpc) is 2.96. The van der Waals surface area contributed by atoms with Gasteiger partial charge in [0, 0.05) is 21.8 Å². The van der Waals surface area contributed by atoms with E-state index in [0.717, 1.165) is 4.34 Å². The van der Waals surface area contributed by atoms with Crippen molar-refractivity contribution < 1.29 is 0 Å². The molecular weight excluding hydrogens is 282 g/mol. The molecule has 2 aromatic rings. The quantitative estimate of drug-likeness (QED) is 0.822. The van der Waals surface area contributed by atoms with Gasteiger partial charge in [-0.25, -0.2) is 0 Å². The molecule has 0 amide bonds. The molecule has 1 nitrogen and oxygen atoms in total. The van der Waals surface area contributed by atoms with E-state index in [9.17, 15) is 0 Å². The number of aryl methyl sites for hydroxylation is 1. The maximum atomic E-state index is 6.15. The zero-order chi connectivity index (χ0) is 12.5. The summed E-state index contributed by atoms with van der Waals surface area (Å²) < 4.78 is 0.928. The molecule has 0 fully saturated rings. The first-order chi connectivity index (χ1) is 8.74. The summed E-state index contributed by atoms with van der Waals surface area (Å²) >= 11 is 9.71. The van der Waals surface area contributed by atoms with Gasteiger partial charge in [0.05, 0.1) is 4.34 Å². The van der Waals surface area contributed by atoms with Gasteiger partial charge >= 0.3 is 0 Å². The maximum absolute atomic E-state index is 6.15. The first kappa shape index (κ1) is 12.7. The van der Waals surface area contributed by atoms with Crippen molar-refractivity contribution in [3.05, 3.63) is 43.2 Å². The van der Waals surface area contributed by atoms with E-state index < -0.39 is 0 Å². The lowest BCUT2D eigenvalue weighted by atomic mass is 9.93. The third-order valence-electron chi connectivity index (χ3n) is 3.50. The summed E-state index contributed by atoms with van der Waals surface area (Å²) in [6.07, 6.45) is 3.67. The van der Waals surface area contributed by atoms with E-state index in [1.54, 1.807) is 11.3 Å². The third kappa shape index (κ3) is 2.50. The van der Waals surface area contributed by atoms with E-state index in [-0.39, 0.29) is 0 Å². The highest BCUT2D eigenvalue weighted by Crippen LogP contribution is 2.39. The Morgan fingerprint density at radius 2 is 2.39 bits per heavy atom. The minimum atomic E-state index is 0.416. The van der Waals surface area contributed by atoms with Gasteiger partial charge in [-0.05, 0) is 49.3 Å². The Bertz CT molecular complexity index is 518. The smallest absolute Gasteiger partial charge is 0.0934 e. The van der Waals surface area contributed by atoms with Crippen molar-refractivity contribution in [1.29, 1.82) is 0 Å². The largest absolute Gasteiger partial charge is 0.303 e. The molecule has 2 aromatic heterocycles. The van der Waals surface area contributed by atoms with Crippen molar-refractivity contribution in [2.24, 2.45) is 0 Å². The molecular formula is C14H16ClNS2. The van der Waals surface area contributed by atoms with Gasteiger partial charge in [0.1, 0.15) is 0 Å². The van der Waals surface area contributed by atoms with Crippen molar-refractivity contribution in [1.82, 2.24) is 5.32 Å². The molecule has 3 rings (SSSR count). The lowest BCUT2D eigenvalue weighted by molar-refractivity contribution is 0.421. The van der Waals surface area contributed by atoms with Gasteiger partial charge in [0.25, 0.3) is 0 Å². The Kier molecular flexibility index (Phi) is 3.76. The van der Waals surface area contributed by atoms with E-state index >= 15 is 0 Å². The Balaban J connectivity index is 1.78. The van der Waals surface area contributed by atoms with E-state index in [4.69, 9.17) is 11.6 Å². The summed E-state index contributed by atoms with van der Waals surface area (Å²) in [5.41, 5.74) is 1.43. The van der Waals surface area contributed by atoms with Gasteiger partial charge in [-0.1, -0.05) is 17.7 Å². The number of halogens is 1. The minimum Gasteiger partial charge on any atom is -0.303 e. The van der Waals surface area contributed by atoms with Crippen LogP contribution in [0.2, 0.25) is 4.34 Å². The zero-order valence-corrected chi connectivity index (χ0v) is 12.7. The second-order valence-corrected chi connectivity index (χ2v) is 7.52. The van der Waals surface area contributed by atoms with Crippen LogP contribution in [0.25, 0.3) is 0 Å². The Morgan fingerprint density at radius 3 is 3.17 bits per heavy atom. The van der Waals surface area contributed by atoms with Gasteiger partial charge < -0.3 is 5.32 Å². The Morgan fingerprint density at radius 1 is 1.50 bits per heavy atom. The standard InChI is InChI=1S/C14H16ClNS2/c1-9(12-6-3-7-17-12)16-11-4-2-5-13-10(11)8-14(15)18-13/h3,6-9,11,16H,2,4-5H2,1H3/t9-,11?/m1/s1. The van der Waals surface area contributed by atoms with Crippen molar-refractivity contribution >= 4 is 34.3 Å². The van der Waals surface area contributed by atoms with Crippen LogP contribution in [-0.4, -0.2) is 0 Å². The van der Waals surface area contributed by atoms with Crippen LogP contribution in [-0.2, 0) is 6.42 Å². The lowest BCUT2D eigenvalue weighted by Crippen LogP contribution is -2.26. The van der Waals surface area contributed by atoms with Crippen LogP contribution in [0.1, 0.15) is 47.2 Å². The molecule has 0 saturated carbocycles. The average molecular weight is 298 g/mol. The summed E-state index contributed by atoms with van der Waals surface area (Å²) in [5.74, 6) is 0. The number of fused-ring (bicyclic) bond motifs is 1. The highest BCUT2D eigenvalue weighted by Gasteiger charge is 2.24. The number of hydrogen-bond acceptors (Lipinski definition) is 3. The fraction of sp³-hybridized carbons (Fsp3) is 0.429. The molecule has 0 spiro atoms. The normalized spacial score (nSPS) is 20.7. The van der Waals surface area contributed by atoms with Gasteiger partial charge in [0.15, 0.2) is 0 Å². The molecule has 0 aromatic carbocycles. The maximum Gasteiger partial charge on any atom is 0.0934 e. The molecule has 0 saturated heterocycles. The van der Waals surface area contributed by atoms with Gasteiger partial charge in [-0.3, -0.25) is 0 Å². The van der Waals surface area contributed by atoms with Crippen LogP contribution >= 0.6 is 34.3 Å². The monoisotopic (exact) mass is 297 g/mol. The van der Waals surface area contributed by atoms with E-state index in [1.165, 1.54) is 34.6 Å². The van der Waals surface area contributed by atoms with Crippen LogP contribution in [0, 0.1) is 0 Å². The van der Waals surface area contributed by atoms with E-state index in [2.05, 4.69) is 35.8 Å². The second-order valence-electron chi connectivity index (χ2n) is 4.78. The SMILES string of the molecule is C[C@@H](NC1CCCc2sc(Cl)cc21)c1cccs1. The van der Waals surface area contributed by atoms with Gasteiger partial charge in [-0.15, -0.1) is 22.7 Å². The highest BCUT2D eigenvalue weighted by atomic mass is 35.5. The predicted molar refractivity (Wildman–Crippen MR) is 80.9 cm³/mol. The molecule has 1 aliphatic rings. The van der Waals surface area contributed by atoms with Crippen LogP contribution in [0.3, 0.4) is 0 Å². The molecule has 4 heteroatoms. The van der Waals surface area contributed by atoms with Crippen molar-refractivity contribution in [2.45, 2.75) is 38.3 Å². The van der Waals surface area contributed by atoms with Crippen molar-refractivity contribution in [3.8, 4) is 0 Å². The summed E-state index contributed by atoms with van der Waals surface area (Å²) in [5, 5.41) is 5.89. The lowest BCUT2D eigenvalue weighted by Gasteiger charge is -2.26. The van der Waals surface area contributed by atoms with Crippen LogP contribution < -0.4 is 5.32 Å².